The van der Waals surface area contributed by atoms with E-state index in [2.05, 4.69) is 21.8 Å². The SMILES string of the molecule is CCCCN1CCN(c2ncc(S(=O)(=O)c3ccc(OC)c(Cl)c3)c(N)n2)CC1. The zero-order chi connectivity index (χ0) is 21.0. The lowest BCUT2D eigenvalue weighted by atomic mass is 10.2. The molecule has 1 aromatic carbocycles. The van der Waals surface area contributed by atoms with Crippen LogP contribution in [0.1, 0.15) is 19.8 Å². The Morgan fingerprint density at radius 3 is 2.55 bits per heavy atom. The fraction of sp³-hybridized carbons (Fsp3) is 0.474. The lowest BCUT2D eigenvalue weighted by Gasteiger charge is -2.34. The van der Waals surface area contributed by atoms with Crippen LogP contribution < -0.4 is 15.4 Å². The molecular weight excluding hydrogens is 414 g/mol. The lowest BCUT2D eigenvalue weighted by Crippen LogP contribution is -2.47. The highest BCUT2D eigenvalue weighted by Crippen LogP contribution is 2.31. The molecule has 1 aliphatic heterocycles. The van der Waals surface area contributed by atoms with Crippen LogP contribution in [0.4, 0.5) is 11.8 Å². The summed E-state index contributed by atoms with van der Waals surface area (Å²) in [6, 6.07) is 4.25. The van der Waals surface area contributed by atoms with E-state index < -0.39 is 9.84 Å². The average Bonchev–Trinajstić information content (AvgIpc) is 2.72. The molecule has 158 valence electrons. The molecule has 0 unspecified atom stereocenters. The number of nitrogen functional groups attached to an aromatic ring is 1. The van der Waals surface area contributed by atoms with Gasteiger partial charge in [0.2, 0.25) is 15.8 Å². The van der Waals surface area contributed by atoms with Gasteiger partial charge in [-0.15, -0.1) is 0 Å². The first-order chi connectivity index (χ1) is 13.9. The Morgan fingerprint density at radius 1 is 1.24 bits per heavy atom. The number of hydrogen-bond donors (Lipinski definition) is 1. The van der Waals surface area contributed by atoms with Gasteiger partial charge in [0.05, 0.1) is 23.2 Å². The Balaban J connectivity index is 1.78. The van der Waals surface area contributed by atoms with Crippen molar-refractivity contribution in [2.24, 2.45) is 0 Å². The number of aromatic nitrogens is 2. The van der Waals surface area contributed by atoms with Gasteiger partial charge in [0.15, 0.2) is 0 Å². The van der Waals surface area contributed by atoms with E-state index in [-0.39, 0.29) is 20.6 Å². The van der Waals surface area contributed by atoms with Crippen LogP contribution in [0.15, 0.2) is 34.2 Å². The molecule has 10 heteroatoms. The number of piperazine rings is 1. The van der Waals surface area contributed by atoms with Crippen molar-refractivity contribution in [3.05, 3.63) is 29.4 Å². The Morgan fingerprint density at radius 2 is 1.97 bits per heavy atom. The highest BCUT2D eigenvalue weighted by molar-refractivity contribution is 7.91. The number of hydrogen-bond acceptors (Lipinski definition) is 8. The molecule has 0 atom stereocenters. The fourth-order valence-corrected chi connectivity index (χ4v) is 4.84. The standard InChI is InChI=1S/C19H26ClN5O3S/c1-3-4-7-24-8-10-25(11-9-24)19-22-13-17(18(21)23-19)29(26,27)14-5-6-16(28-2)15(20)12-14/h5-6,12-13H,3-4,7-11H2,1-2H3,(H2,21,22,23). The van der Waals surface area contributed by atoms with E-state index in [4.69, 9.17) is 22.1 Å². The molecule has 1 aromatic heterocycles. The van der Waals surface area contributed by atoms with Gasteiger partial charge in [-0.25, -0.2) is 13.4 Å². The summed E-state index contributed by atoms with van der Waals surface area (Å²) in [6.07, 6.45) is 3.63. The van der Waals surface area contributed by atoms with E-state index in [1.54, 1.807) is 0 Å². The van der Waals surface area contributed by atoms with Crippen molar-refractivity contribution in [2.75, 3.05) is 50.5 Å². The van der Waals surface area contributed by atoms with Crippen LogP contribution in [-0.4, -0.2) is 63.1 Å². The van der Waals surface area contributed by atoms with E-state index in [0.717, 1.165) is 32.7 Å². The summed E-state index contributed by atoms with van der Waals surface area (Å²) in [5.41, 5.74) is 6.01. The van der Waals surface area contributed by atoms with Crippen molar-refractivity contribution >= 4 is 33.2 Å². The van der Waals surface area contributed by atoms with Gasteiger partial charge in [0, 0.05) is 26.2 Å². The lowest BCUT2D eigenvalue weighted by molar-refractivity contribution is 0.253. The number of rotatable bonds is 7. The largest absolute Gasteiger partial charge is 0.495 e. The monoisotopic (exact) mass is 439 g/mol. The number of benzene rings is 1. The minimum Gasteiger partial charge on any atom is -0.495 e. The molecule has 3 rings (SSSR count). The molecule has 1 aliphatic rings. The molecule has 0 radical (unpaired) electrons. The molecule has 0 amide bonds. The van der Waals surface area contributed by atoms with Crippen LogP contribution >= 0.6 is 11.6 Å². The number of unbranched alkanes of at least 4 members (excludes halogenated alkanes) is 1. The fourth-order valence-electron chi connectivity index (χ4n) is 3.23. The van der Waals surface area contributed by atoms with Gasteiger partial charge >= 0.3 is 0 Å². The van der Waals surface area contributed by atoms with E-state index in [0.29, 0.717) is 11.7 Å². The number of methoxy groups -OCH3 is 1. The van der Waals surface area contributed by atoms with Gasteiger partial charge < -0.3 is 15.4 Å². The minimum absolute atomic E-state index is 0.0101. The summed E-state index contributed by atoms with van der Waals surface area (Å²) in [5, 5.41) is 0.200. The van der Waals surface area contributed by atoms with E-state index in [9.17, 15) is 8.42 Å². The van der Waals surface area contributed by atoms with E-state index >= 15 is 0 Å². The normalized spacial score (nSPS) is 15.5. The summed E-state index contributed by atoms with van der Waals surface area (Å²) in [6.45, 7) is 6.69. The van der Waals surface area contributed by atoms with Gasteiger partial charge in [-0.05, 0) is 31.2 Å². The number of halogens is 1. The molecule has 0 bridgehead atoms. The Hall–Kier alpha value is -2.10. The molecule has 2 N–H and O–H groups in total. The van der Waals surface area contributed by atoms with Crippen LogP contribution in [0.3, 0.4) is 0 Å². The minimum atomic E-state index is -3.90. The zero-order valence-electron chi connectivity index (χ0n) is 16.6. The summed E-state index contributed by atoms with van der Waals surface area (Å²) in [5.74, 6) is 0.767. The molecule has 29 heavy (non-hydrogen) atoms. The third kappa shape index (κ3) is 4.73. The second-order valence-electron chi connectivity index (χ2n) is 6.90. The second kappa shape index (κ2) is 9.15. The number of sulfone groups is 1. The van der Waals surface area contributed by atoms with Crippen molar-refractivity contribution in [3.8, 4) is 5.75 Å². The average molecular weight is 440 g/mol. The van der Waals surface area contributed by atoms with Gasteiger partial charge in [0.25, 0.3) is 0 Å². The van der Waals surface area contributed by atoms with Crippen molar-refractivity contribution in [3.63, 3.8) is 0 Å². The van der Waals surface area contributed by atoms with E-state index in [1.165, 1.54) is 44.3 Å². The van der Waals surface area contributed by atoms with Gasteiger partial charge in [-0.1, -0.05) is 24.9 Å². The molecule has 0 aliphatic carbocycles. The molecule has 2 aromatic rings. The van der Waals surface area contributed by atoms with Gasteiger partial charge in [0.1, 0.15) is 16.5 Å². The highest BCUT2D eigenvalue weighted by atomic mass is 35.5. The summed E-state index contributed by atoms with van der Waals surface area (Å²) < 4.78 is 31.0. The van der Waals surface area contributed by atoms with Crippen molar-refractivity contribution in [1.82, 2.24) is 14.9 Å². The molecule has 1 fully saturated rings. The topological polar surface area (TPSA) is 102 Å². The predicted octanol–water partition coefficient (Wildman–Crippen LogP) is 2.48. The van der Waals surface area contributed by atoms with Crippen molar-refractivity contribution in [1.29, 1.82) is 0 Å². The first-order valence-electron chi connectivity index (χ1n) is 9.55. The summed E-state index contributed by atoms with van der Waals surface area (Å²) >= 11 is 6.07. The predicted molar refractivity (Wildman–Crippen MR) is 113 cm³/mol. The molecule has 2 heterocycles. The van der Waals surface area contributed by atoms with Gasteiger partial charge in [-0.2, -0.15) is 4.98 Å². The molecule has 0 saturated carbocycles. The molecular formula is C19H26ClN5O3S. The van der Waals surface area contributed by atoms with Crippen molar-refractivity contribution < 1.29 is 13.2 Å². The van der Waals surface area contributed by atoms with Crippen LogP contribution in [0.25, 0.3) is 0 Å². The Kier molecular flexibility index (Phi) is 6.81. The Labute approximate surface area is 176 Å². The summed E-state index contributed by atoms with van der Waals surface area (Å²) in [7, 11) is -2.44. The number of ether oxygens (including phenoxy) is 1. The maximum atomic E-state index is 13.0. The number of nitrogens with zero attached hydrogens (tertiary/aromatic N) is 4. The first kappa shape index (κ1) is 21.6. The quantitative estimate of drug-likeness (QED) is 0.701. The third-order valence-electron chi connectivity index (χ3n) is 4.98. The highest BCUT2D eigenvalue weighted by Gasteiger charge is 2.25. The molecule has 8 nitrogen and oxygen atoms in total. The first-order valence-corrected chi connectivity index (χ1v) is 11.4. The number of anilines is 2. The van der Waals surface area contributed by atoms with Gasteiger partial charge in [-0.3, -0.25) is 4.90 Å². The van der Waals surface area contributed by atoms with Crippen LogP contribution in [-0.2, 0) is 9.84 Å². The zero-order valence-corrected chi connectivity index (χ0v) is 18.2. The smallest absolute Gasteiger partial charge is 0.227 e. The Bertz CT molecular complexity index is 962. The molecule has 0 spiro atoms. The van der Waals surface area contributed by atoms with Crippen molar-refractivity contribution in [2.45, 2.75) is 29.6 Å². The molecule has 1 saturated heterocycles. The number of nitrogens with two attached hydrogens (primary N) is 1. The third-order valence-corrected chi connectivity index (χ3v) is 7.04. The van der Waals surface area contributed by atoms with Crippen LogP contribution in [0.2, 0.25) is 5.02 Å². The van der Waals surface area contributed by atoms with Crippen LogP contribution in [0, 0.1) is 0 Å². The second-order valence-corrected chi connectivity index (χ2v) is 9.23. The van der Waals surface area contributed by atoms with Crippen LogP contribution in [0.5, 0.6) is 5.75 Å². The summed E-state index contributed by atoms with van der Waals surface area (Å²) in [4.78, 5) is 12.9. The van der Waals surface area contributed by atoms with E-state index in [1.807, 2.05) is 4.90 Å². The maximum absolute atomic E-state index is 13.0. The maximum Gasteiger partial charge on any atom is 0.227 e.